The fraction of sp³-hybridized carbons (Fsp3) is 0.409. The van der Waals surface area contributed by atoms with Gasteiger partial charge >= 0.3 is 6.09 Å². The van der Waals surface area contributed by atoms with Crippen molar-refractivity contribution in [1.29, 1.82) is 0 Å². The fourth-order valence-corrected chi connectivity index (χ4v) is 3.60. The lowest BCUT2D eigenvalue weighted by atomic mass is 10.0. The van der Waals surface area contributed by atoms with Crippen LogP contribution in [0, 0.1) is 0 Å². The van der Waals surface area contributed by atoms with E-state index in [9.17, 15) is 19.2 Å². The molecule has 0 aliphatic carbocycles. The number of hydrogen-bond donors (Lipinski definition) is 1. The average molecular weight is 411 g/mol. The first-order chi connectivity index (χ1) is 14.0. The molecule has 1 N–H and O–H groups in total. The summed E-state index contributed by atoms with van der Waals surface area (Å²) in [5, 5.41) is 2.28. The minimum atomic E-state index is -0.816. The summed E-state index contributed by atoms with van der Waals surface area (Å²) in [6, 6.07) is 4.47. The summed E-state index contributed by atoms with van der Waals surface area (Å²) in [4.78, 5) is 52.3. The Bertz CT molecular complexity index is 985. The van der Waals surface area contributed by atoms with Crippen LogP contribution in [0.25, 0.3) is 5.70 Å². The minimum absolute atomic E-state index is 0.148. The van der Waals surface area contributed by atoms with Crippen LogP contribution in [0.15, 0.2) is 30.5 Å². The second-order valence-corrected chi connectivity index (χ2v) is 8.34. The zero-order chi connectivity index (χ0) is 22.2. The summed E-state index contributed by atoms with van der Waals surface area (Å²) >= 11 is 0. The fourth-order valence-electron chi connectivity index (χ4n) is 3.60. The molecule has 4 amide bonds. The number of hydrogen-bond acceptors (Lipinski definition) is 5. The number of rotatable bonds is 3. The van der Waals surface area contributed by atoms with Crippen LogP contribution in [0.3, 0.4) is 0 Å². The van der Waals surface area contributed by atoms with Crippen molar-refractivity contribution in [2.24, 2.45) is 0 Å². The van der Waals surface area contributed by atoms with Crippen LogP contribution in [-0.4, -0.2) is 52.3 Å². The Morgan fingerprint density at radius 3 is 2.63 bits per heavy atom. The van der Waals surface area contributed by atoms with E-state index in [4.69, 9.17) is 4.74 Å². The van der Waals surface area contributed by atoms with Gasteiger partial charge in [0.05, 0.1) is 11.3 Å². The maximum Gasteiger partial charge on any atom is 0.410 e. The predicted molar refractivity (Wildman–Crippen MR) is 109 cm³/mol. The van der Waals surface area contributed by atoms with E-state index in [0.29, 0.717) is 22.4 Å². The first-order valence-corrected chi connectivity index (χ1v) is 9.67. The van der Waals surface area contributed by atoms with Gasteiger partial charge in [-0.2, -0.15) is 0 Å². The quantitative estimate of drug-likeness (QED) is 0.609. The molecule has 0 spiro atoms. The van der Waals surface area contributed by atoms with Crippen molar-refractivity contribution < 1.29 is 23.9 Å². The van der Waals surface area contributed by atoms with Crippen molar-refractivity contribution in [3.05, 3.63) is 47.2 Å². The normalized spacial score (nSPS) is 18.7. The van der Waals surface area contributed by atoms with Gasteiger partial charge in [-0.25, -0.2) is 4.79 Å². The SMILES string of the molecule is C=C=C1c2cccc(CN(C)C(=O)OC(C)(C)C)c2C(=O)N1C1CCC(=O)NC1=O. The molecule has 1 aromatic rings. The van der Waals surface area contributed by atoms with Gasteiger partial charge in [0, 0.05) is 25.6 Å². The molecule has 8 nitrogen and oxygen atoms in total. The Balaban J connectivity index is 1.92. The number of nitrogens with one attached hydrogen (secondary N) is 1. The van der Waals surface area contributed by atoms with E-state index >= 15 is 0 Å². The van der Waals surface area contributed by atoms with Crippen LogP contribution in [0.2, 0.25) is 0 Å². The van der Waals surface area contributed by atoms with Crippen molar-refractivity contribution in [3.8, 4) is 0 Å². The molecule has 2 aliphatic heterocycles. The third-order valence-corrected chi connectivity index (χ3v) is 4.88. The molecule has 2 aliphatic rings. The van der Waals surface area contributed by atoms with Crippen molar-refractivity contribution in [3.63, 3.8) is 0 Å². The summed E-state index contributed by atoms with van der Waals surface area (Å²) < 4.78 is 5.38. The molecule has 1 saturated heterocycles. The van der Waals surface area contributed by atoms with Gasteiger partial charge in [-0.05, 0) is 32.8 Å². The van der Waals surface area contributed by atoms with E-state index in [1.807, 2.05) is 0 Å². The van der Waals surface area contributed by atoms with Crippen molar-refractivity contribution >= 4 is 29.5 Å². The molecule has 8 heteroatoms. The Hall–Kier alpha value is -3.38. The number of carbonyl (C=O) groups is 4. The minimum Gasteiger partial charge on any atom is -0.444 e. The smallest absolute Gasteiger partial charge is 0.410 e. The Morgan fingerprint density at radius 2 is 2.03 bits per heavy atom. The standard InChI is InChI=1S/C22H25N3O5/c1-6-15-14-9-7-8-13(12-24(5)21(29)30-22(2,3)4)18(14)20(28)25(15)16-10-11-17(26)23-19(16)27/h7-9,16H,1,10-12H2,2-5H3,(H,23,26,27). The van der Waals surface area contributed by atoms with E-state index in [-0.39, 0.29) is 31.2 Å². The Labute approximate surface area is 175 Å². The van der Waals surface area contributed by atoms with E-state index in [1.165, 1.54) is 9.80 Å². The molecule has 1 aromatic carbocycles. The third kappa shape index (κ3) is 4.00. The lowest BCUT2D eigenvalue weighted by molar-refractivity contribution is -0.136. The maximum absolute atomic E-state index is 13.3. The van der Waals surface area contributed by atoms with E-state index in [1.54, 1.807) is 46.0 Å². The number of fused-ring (bicyclic) bond motifs is 1. The highest BCUT2D eigenvalue weighted by Crippen LogP contribution is 2.37. The van der Waals surface area contributed by atoms with Gasteiger partial charge in [-0.3, -0.25) is 24.6 Å². The molecular formula is C22H25N3O5. The Kier molecular flexibility index (Phi) is 5.55. The molecule has 1 unspecified atom stereocenters. The van der Waals surface area contributed by atoms with Crippen molar-refractivity contribution in [2.75, 3.05) is 7.05 Å². The summed E-state index contributed by atoms with van der Waals surface area (Å²) in [7, 11) is 1.59. The van der Waals surface area contributed by atoms with Gasteiger partial charge in [-0.15, -0.1) is 5.73 Å². The molecule has 0 saturated carbocycles. The van der Waals surface area contributed by atoms with E-state index in [2.05, 4.69) is 17.6 Å². The number of imide groups is 1. The first-order valence-electron chi connectivity index (χ1n) is 9.67. The van der Waals surface area contributed by atoms with Gasteiger partial charge in [-0.1, -0.05) is 24.8 Å². The maximum atomic E-state index is 13.3. The second kappa shape index (κ2) is 7.80. The number of benzene rings is 1. The van der Waals surface area contributed by atoms with Gasteiger partial charge in [0.2, 0.25) is 11.8 Å². The molecular weight excluding hydrogens is 386 g/mol. The molecule has 2 heterocycles. The number of piperidine rings is 1. The third-order valence-electron chi connectivity index (χ3n) is 4.88. The molecule has 0 aromatic heterocycles. The summed E-state index contributed by atoms with van der Waals surface area (Å²) in [6.07, 6.45) is -0.134. The summed E-state index contributed by atoms with van der Waals surface area (Å²) in [6.45, 7) is 9.17. The van der Waals surface area contributed by atoms with Gasteiger partial charge in [0.25, 0.3) is 5.91 Å². The lowest BCUT2D eigenvalue weighted by Crippen LogP contribution is -2.52. The van der Waals surface area contributed by atoms with Gasteiger partial charge in [0.15, 0.2) is 0 Å². The van der Waals surface area contributed by atoms with E-state index < -0.39 is 23.6 Å². The zero-order valence-corrected chi connectivity index (χ0v) is 17.6. The molecule has 0 bridgehead atoms. The highest BCUT2D eigenvalue weighted by Gasteiger charge is 2.43. The molecule has 1 fully saturated rings. The number of nitrogens with zero attached hydrogens (tertiary/aromatic N) is 2. The molecule has 158 valence electrons. The first kappa shape index (κ1) is 21.3. The number of carbonyl (C=O) groups excluding carboxylic acids is 4. The molecule has 30 heavy (non-hydrogen) atoms. The number of amides is 4. The van der Waals surface area contributed by atoms with Crippen LogP contribution in [-0.2, 0) is 20.9 Å². The number of ether oxygens (including phenoxy) is 1. The van der Waals surface area contributed by atoms with Crippen molar-refractivity contribution in [2.45, 2.75) is 51.8 Å². The second-order valence-electron chi connectivity index (χ2n) is 8.34. The molecule has 1 atom stereocenters. The lowest BCUT2D eigenvalue weighted by Gasteiger charge is -2.29. The largest absolute Gasteiger partial charge is 0.444 e. The van der Waals surface area contributed by atoms with Crippen LogP contribution in [0.4, 0.5) is 4.79 Å². The van der Waals surface area contributed by atoms with Crippen molar-refractivity contribution in [1.82, 2.24) is 15.1 Å². The topological polar surface area (TPSA) is 96.0 Å². The highest BCUT2D eigenvalue weighted by atomic mass is 16.6. The van der Waals surface area contributed by atoms with Crippen LogP contribution < -0.4 is 5.32 Å². The average Bonchev–Trinajstić information content (AvgIpc) is 2.93. The van der Waals surface area contributed by atoms with E-state index in [0.717, 1.165) is 0 Å². The van der Waals surface area contributed by atoms with Gasteiger partial charge < -0.3 is 9.64 Å². The molecule has 0 radical (unpaired) electrons. The summed E-state index contributed by atoms with van der Waals surface area (Å²) in [5.41, 5.74) is 4.13. The van der Waals surface area contributed by atoms with Crippen LogP contribution >= 0.6 is 0 Å². The van der Waals surface area contributed by atoms with Crippen LogP contribution in [0.1, 0.15) is 55.1 Å². The monoisotopic (exact) mass is 411 g/mol. The molecule has 3 rings (SSSR count). The highest BCUT2D eigenvalue weighted by molar-refractivity contribution is 6.13. The van der Waals surface area contributed by atoms with Crippen LogP contribution in [0.5, 0.6) is 0 Å². The zero-order valence-electron chi connectivity index (χ0n) is 17.6. The Morgan fingerprint density at radius 1 is 1.33 bits per heavy atom. The van der Waals surface area contributed by atoms with Gasteiger partial charge in [0.1, 0.15) is 11.6 Å². The summed E-state index contributed by atoms with van der Waals surface area (Å²) in [5.74, 6) is -1.25. The predicted octanol–water partition coefficient (Wildman–Crippen LogP) is 2.44.